The molecule has 0 saturated heterocycles. The van der Waals surface area contributed by atoms with Gasteiger partial charge in [-0.1, -0.05) is 13.3 Å². The highest BCUT2D eigenvalue weighted by molar-refractivity contribution is 9.10. The number of hydrogen-bond donors (Lipinski definition) is 1. The largest absolute Gasteiger partial charge is 0.496 e. The van der Waals surface area contributed by atoms with Gasteiger partial charge in [-0.15, -0.1) is 0 Å². The van der Waals surface area contributed by atoms with Crippen molar-refractivity contribution in [1.29, 1.82) is 0 Å². The Morgan fingerprint density at radius 3 is 2.95 bits per heavy atom. The van der Waals surface area contributed by atoms with E-state index in [1.807, 2.05) is 30.6 Å². The average Bonchev–Trinajstić information content (AvgIpc) is 2.84. The van der Waals surface area contributed by atoms with E-state index in [-0.39, 0.29) is 0 Å². The number of rotatable bonds is 6. The molecule has 0 bridgehead atoms. The number of benzene rings is 1. The molecule has 0 fully saturated rings. The molecule has 102 valence electrons. The Kier molecular flexibility index (Phi) is 4.85. The lowest BCUT2D eigenvalue weighted by Gasteiger charge is -2.11. The highest BCUT2D eigenvalue weighted by atomic mass is 79.9. The molecule has 1 aromatic heterocycles. The molecule has 4 nitrogen and oxygen atoms in total. The van der Waals surface area contributed by atoms with E-state index in [9.17, 15) is 0 Å². The van der Waals surface area contributed by atoms with Crippen molar-refractivity contribution in [3.05, 3.63) is 35.1 Å². The van der Waals surface area contributed by atoms with Gasteiger partial charge in [0.15, 0.2) is 0 Å². The summed E-state index contributed by atoms with van der Waals surface area (Å²) in [5, 5.41) is 3.32. The van der Waals surface area contributed by atoms with Crippen molar-refractivity contribution in [1.82, 2.24) is 9.55 Å². The van der Waals surface area contributed by atoms with Crippen molar-refractivity contribution in [3.63, 3.8) is 0 Å². The van der Waals surface area contributed by atoms with Crippen molar-refractivity contribution in [3.8, 4) is 5.75 Å². The van der Waals surface area contributed by atoms with E-state index in [1.165, 1.54) is 6.42 Å². The molecule has 2 rings (SSSR count). The highest BCUT2D eigenvalue weighted by Gasteiger charge is 2.05. The summed E-state index contributed by atoms with van der Waals surface area (Å²) < 4.78 is 8.27. The van der Waals surface area contributed by atoms with E-state index < -0.39 is 0 Å². The minimum absolute atomic E-state index is 0.819. The van der Waals surface area contributed by atoms with Crippen molar-refractivity contribution < 1.29 is 4.74 Å². The lowest BCUT2D eigenvalue weighted by Crippen LogP contribution is -2.03. The second-order valence-electron chi connectivity index (χ2n) is 4.27. The molecule has 0 unspecified atom stereocenters. The standard InChI is InChI=1S/C14H18BrN3O/c1-3-4-8-18-9-7-16-14(18)17-11-5-6-13(19-2)12(15)10-11/h5-7,9-10H,3-4,8H2,1-2H3,(H,16,17). The summed E-state index contributed by atoms with van der Waals surface area (Å²) in [6, 6.07) is 5.88. The second kappa shape index (κ2) is 6.61. The molecule has 5 heteroatoms. The van der Waals surface area contributed by atoms with E-state index in [2.05, 4.69) is 37.7 Å². The molecule has 1 N–H and O–H groups in total. The van der Waals surface area contributed by atoms with Gasteiger partial charge in [0.05, 0.1) is 11.6 Å². The van der Waals surface area contributed by atoms with Crippen LogP contribution in [-0.4, -0.2) is 16.7 Å². The minimum Gasteiger partial charge on any atom is -0.496 e. The van der Waals surface area contributed by atoms with Crippen molar-refractivity contribution in [2.75, 3.05) is 12.4 Å². The Morgan fingerprint density at radius 2 is 2.26 bits per heavy atom. The van der Waals surface area contributed by atoms with Crippen molar-refractivity contribution in [2.24, 2.45) is 0 Å². The minimum atomic E-state index is 0.819. The Labute approximate surface area is 121 Å². The van der Waals surface area contributed by atoms with Crippen LogP contribution in [-0.2, 0) is 6.54 Å². The molecule has 2 aromatic rings. The van der Waals surface area contributed by atoms with Crippen molar-refractivity contribution >= 4 is 27.6 Å². The van der Waals surface area contributed by atoms with Gasteiger partial charge in [0, 0.05) is 24.6 Å². The van der Waals surface area contributed by atoms with Gasteiger partial charge in [0.2, 0.25) is 5.95 Å². The number of aromatic nitrogens is 2. The molecule has 1 aromatic carbocycles. The topological polar surface area (TPSA) is 39.1 Å². The first-order valence-electron chi connectivity index (χ1n) is 6.36. The molecule has 0 saturated carbocycles. The average molecular weight is 324 g/mol. The van der Waals surface area contributed by atoms with Gasteiger partial charge in [0.1, 0.15) is 5.75 Å². The number of anilines is 2. The summed E-state index contributed by atoms with van der Waals surface area (Å²) in [5.74, 6) is 1.69. The summed E-state index contributed by atoms with van der Waals surface area (Å²) in [6.07, 6.45) is 6.14. The van der Waals surface area contributed by atoms with Crippen LogP contribution >= 0.6 is 15.9 Å². The van der Waals surface area contributed by atoms with Gasteiger partial charge in [-0.3, -0.25) is 0 Å². The number of ether oxygens (including phenoxy) is 1. The van der Waals surface area contributed by atoms with Crippen molar-refractivity contribution in [2.45, 2.75) is 26.3 Å². The maximum atomic E-state index is 5.22. The van der Waals surface area contributed by atoms with Crippen LogP contribution in [0.25, 0.3) is 0 Å². The van der Waals surface area contributed by atoms with Crippen LogP contribution in [0.2, 0.25) is 0 Å². The van der Waals surface area contributed by atoms with Crippen LogP contribution in [0.4, 0.5) is 11.6 Å². The highest BCUT2D eigenvalue weighted by Crippen LogP contribution is 2.28. The number of halogens is 1. The summed E-state index contributed by atoms with van der Waals surface area (Å²) in [7, 11) is 1.66. The number of methoxy groups -OCH3 is 1. The smallest absolute Gasteiger partial charge is 0.207 e. The molecule has 0 radical (unpaired) electrons. The van der Waals surface area contributed by atoms with Gasteiger partial charge >= 0.3 is 0 Å². The SMILES string of the molecule is CCCCn1ccnc1Nc1ccc(OC)c(Br)c1. The fourth-order valence-corrected chi connectivity index (χ4v) is 2.36. The molecule has 0 aliphatic rings. The maximum Gasteiger partial charge on any atom is 0.207 e. The van der Waals surface area contributed by atoms with Gasteiger partial charge < -0.3 is 14.6 Å². The van der Waals surface area contributed by atoms with E-state index in [4.69, 9.17) is 4.74 Å². The molecular formula is C14H18BrN3O. The van der Waals surface area contributed by atoms with Gasteiger partial charge in [-0.25, -0.2) is 4.98 Å². The molecule has 19 heavy (non-hydrogen) atoms. The van der Waals surface area contributed by atoms with E-state index in [1.54, 1.807) is 7.11 Å². The fraction of sp³-hybridized carbons (Fsp3) is 0.357. The van der Waals surface area contributed by atoms with E-state index >= 15 is 0 Å². The van der Waals surface area contributed by atoms with Gasteiger partial charge in [-0.2, -0.15) is 0 Å². The Morgan fingerprint density at radius 1 is 1.42 bits per heavy atom. The molecule has 0 atom stereocenters. The van der Waals surface area contributed by atoms with Crippen LogP contribution in [0.5, 0.6) is 5.75 Å². The number of imidazole rings is 1. The molecular weight excluding hydrogens is 306 g/mol. The van der Waals surface area contributed by atoms with Crippen LogP contribution in [0.1, 0.15) is 19.8 Å². The zero-order chi connectivity index (χ0) is 13.7. The van der Waals surface area contributed by atoms with Crippen LogP contribution in [0.3, 0.4) is 0 Å². The fourth-order valence-electron chi connectivity index (χ4n) is 1.82. The Bertz CT molecular complexity index is 539. The molecule has 1 heterocycles. The van der Waals surface area contributed by atoms with E-state index in [0.717, 1.165) is 34.8 Å². The zero-order valence-electron chi connectivity index (χ0n) is 11.2. The summed E-state index contributed by atoms with van der Waals surface area (Å²) in [4.78, 5) is 4.34. The number of nitrogens with one attached hydrogen (secondary N) is 1. The number of unbranched alkanes of at least 4 members (excludes halogenated alkanes) is 1. The predicted molar refractivity (Wildman–Crippen MR) is 81.1 cm³/mol. The Hall–Kier alpha value is -1.49. The van der Waals surface area contributed by atoms with Gasteiger partial charge in [-0.05, 0) is 40.5 Å². The number of hydrogen-bond acceptors (Lipinski definition) is 3. The second-order valence-corrected chi connectivity index (χ2v) is 5.13. The first kappa shape index (κ1) is 13.9. The summed E-state index contributed by atoms with van der Waals surface area (Å²) >= 11 is 3.48. The number of aryl methyl sites for hydroxylation is 1. The lowest BCUT2D eigenvalue weighted by molar-refractivity contribution is 0.412. The first-order chi connectivity index (χ1) is 9.24. The van der Waals surface area contributed by atoms with E-state index in [0.29, 0.717) is 0 Å². The molecule has 0 amide bonds. The molecule has 0 aliphatic heterocycles. The molecule has 0 spiro atoms. The third-order valence-electron chi connectivity index (χ3n) is 2.88. The van der Waals surface area contributed by atoms with Gasteiger partial charge in [0.25, 0.3) is 0 Å². The van der Waals surface area contributed by atoms with Crippen LogP contribution in [0.15, 0.2) is 35.1 Å². The normalized spacial score (nSPS) is 10.5. The lowest BCUT2D eigenvalue weighted by atomic mass is 10.3. The summed E-state index contributed by atoms with van der Waals surface area (Å²) in [6.45, 7) is 3.17. The summed E-state index contributed by atoms with van der Waals surface area (Å²) in [5.41, 5.74) is 0.983. The third-order valence-corrected chi connectivity index (χ3v) is 3.50. The maximum absolute atomic E-state index is 5.22. The monoisotopic (exact) mass is 323 g/mol. The van der Waals surface area contributed by atoms with Crippen LogP contribution in [0, 0.1) is 0 Å². The predicted octanol–water partition coefficient (Wildman–Crippen LogP) is 4.20. The first-order valence-corrected chi connectivity index (χ1v) is 7.15. The number of nitrogens with zero attached hydrogens (tertiary/aromatic N) is 2. The quantitative estimate of drug-likeness (QED) is 0.866. The van der Waals surface area contributed by atoms with Crippen LogP contribution < -0.4 is 10.1 Å². The zero-order valence-corrected chi connectivity index (χ0v) is 12.8. The third kappa shape index (κ3) is 3.50. The molecule has 0 aliphatic carbocycles. The Balaban J connectivity index is 2.12.